The fourth-order valence-electron chi connectivity index (χ4n) is 3.68. The maximum Gasteiger partial charge on any atom is 0.376 e. The summed E-state index contributed by atoms with van der Waals surface area (Å²) in [6, 6.07) is 14.0. The van der Waals surface area contributed by atoms with Crippen LogP contribution in [-0.2, 0) is 11.2 Å². The predicted octanol–water partition coefficient (Wildman–Crippen LogP) is 4.29. The average Bonchev–Trinajstić information content (AvgIpc) is 3.38. The number of halogens is 1. The van der Waals surface area contributed by atoms with Gasteiger partial charge in [0.1, 0.15) is 16.9 Å². The summed E-state index contributed by atoms with van der Waals surface area (Å²) in [5.74, 6) is -0.562. The van der Waals surface area contributed by atoms with E-state index >= 15 is 0 Å². The zero-order valence-corrected chi connectivity index (χ0v) is 16.1. The highest BCUT2D eigenvalue weighted by molar-refractivity contribution is 6.01. The van der Waals surface area contributed by atoms with Crippen molar-refractivity contribution < 1.29 is 18.4 Å². The first-order valence-electron chi connectivity index (χ1n) is 9.61. The lowest BCUT2D eigenvalue weighted by molar-refractivity contribution is 0.0512. The van der Waals surface area contributed by atoms with Crippen molar-refractivity contribution in [2.45, 2.75) is 13.3 Å². The molecule has 0 unspecified atom stereocenters. The molecule has 0 N–H and O–H groups in total. The second kappa shape index (κ2) is 7.22. The van der Waals surface area contributed by atoms with Gasteiger partial charge in [0.25, 0.3) is 5.71 Å². The van der Waals surface area contributed by atoms with Crippen LogP contribution in [0.3, 0.4) is 0 Å². The Hall–Kier alpha value is -3.81. The molecular weight excluding hydrogens is 387 g/mol. The zero-order valence-electron chi connectivity index (χ0n) is 16.1. The van der Waals surface area contributed by atoms with Gasteiger partial charge in [-0.05, 0) is 49.2 Å². The Morgan fingerprint density at radius 1 is 1.17 bits per heavy atom. The number of rotatable bonds is 4. The summed E-state index contributed by atoms with van der Waals surface area (Å²) in [5.41, 5.74) is 3.50. The highest BCUT2D eigenvalue weighted by Gasteiger charge is 2.29. The second-order valence-electron chi connectivity index (χ2n) is 6.84. The Morgan fingerprint density at radius 3 is 2.77 bits per heavy atom. The number of fused-ring (bicyclic) bond motifs is 2. The van der Waals surface area contributed by atoms with Crippen molar-refractivity contribution in [1.29, 1.82) is 0 Å². The topological polar surface area (TPSA) is 81.4 Å². The monoisotopic (exact) mass is 404 g/mol. The molecule has 0 atom stereocenters. The molecule has 0 aliphatic carbocycles. The van der Waals surface area contributed by atoms with Crippen molar-refractivity contribution in [3.8, 4) is 11.3 Å². The molecule has 0 radical (unpaired) electrons. The van der Waals surface area contributed by atoms with Crippen LogP contribution in [0.2, 0.25) is 0 Å². The lowest BCUT2D eigenvalue weighted by Crippen LogP contribution is -2.18. The zero-order chi connectivity index (χ0) is 20.7. The van der Waals surface area contributed by atoms with E-state index in [-0.39, 0.29) is 24.0 Å². The van der Waals surface area contributed by atoms with Crippen LogP contribution in [0.1, 0.15) is 23.1 Å². The summed E-state index contributed by atoms with van der Waals surface area (Å²) in [7, 11) is 0. The number of esters is 1. The molecule has 1 aliphatic rings. The third-order valence-corrected chi connectivity index (χ3v) is 5.04. The van der Waals surface area contributed by atoms with Gasteiger partial charge in [0, 0.05) is 17.8 Å². The van der Waals surface area contributed by atoms with Crippen LogP contribution in [0.15, 0.2) is 53.1 Å². The molecule has 0 fully saturated rings. The number of carbonyl (C=O) groups excluding carboxylic acids is 1. The molecule has 8 heteroatoms. The molecule has 0 bridgehead atoms. The third kappa shape index (κ3) is 2.97. The van der Waals surface area contributed by atoms with Gasteiger partial charge in [-0.15, -0.1) is 0 Å². The standard InChI is InChI=1S/C22H17FN4O3/c1-2-29-22(28)19-24-20(27-12-11-13-5-3-4-6-16(13)27)17-18(26-30-21(17)25-19)14-7-9-15(23)10-8-14/h3-10H,2,11-12H2,1H3. The van der Waals surface area contributed by atoms with Crippen LogP contribution in [0, 0.1) is 5.82 Å². The van der Waals surface area contributed by atoms with Gasteiger partial charge in [-0.25, -0.2) is 14.2 Å². The van der Waals surface area contributed by atoms with Crippen LogP contribution in [-0.4, -0.2) is 34.2 Å². The van der Waals surface area contributed by atoms with Gasteiger partial charge in [-0.1, -0.05) is 23.4 Å². The first kappa shape index (κ1) is 18.2. The minimum atomic E-state index is -0.632. The summed E-state index contributed by atoms with van der Waals surface area (Å²) in [5, 5.41) is 4.71. The van der Waals surface area contributed by atoms with Crippen molar-refractivity contribution >= 4 is 28.6 Å². The summed E-state index contributed by atoms with van der Waals surface area (Å²) in [6.07, 6.45) is 0.841. The predicted molar refractivity (Wildman–Crippen MR) is 108 cm³/mol. The lowest BCUT2D eigenvalue weighted by atomic mass is 10.1. The molecule has 30 heavy (non-hydrogen) atoms. The molecule has 4 aromatic rings. The van der Waals surface area contributed by atoms with Crippen LogP contribution in [0.4, 0.5) is 15.9 Å². The SMILES string of the molecule is CCOC(=O)c1nc(N2CCc3ccccc32)c2c(-c3ccc(F)cc3)noc2n1. The Bertz CT molecular complexity index is 1250. The minimum absolute atomic E-state index is 0.0921. The Labute approximate surface area is 171 Å². The first-order chi connectivity index (χ1) is 14.7. The van der Waals surface area contributed by atoms with E-state index in [1.807, 2.05) is 23.1 Å². The largest absolute Gasteiger partial charge is 0.460 e. The van der Waals surface area contributed by atoms with Crippen molar-refractivity contribution in [3.63, 3.8) is 0 Å². The molecule has 1 aliphatic heterocycles. The number of hydrogen-bond donors (Lipinski definition) is 0. The molecule has 2 aromatic carbocycles. The number of ether oxygens (including phenoxy) is 1. The number of para-hydroxylation sites is 1. The number of carbonyl (C=O) groups is 1. The normalized spacial score (nSPS) is 12.9. The van der Waals surface area contributed by atoms with E-state index in [1.54, 1.807) is 19.1 Å². The average molecular weight is 404 g/mol. The van der Waals surface area contributed by atoms with Gasteiger partial charge < -0.3 is 14.2 Å². The molecule has 7 nitrogen and oxygen atoms in total. The minimum Gasteiger partial charge on any atom is -0.460 e. The van der Waals surface area contributed by atoms with Crippen LogP contribution < -0.4 is 4.90 Å². The second-order valence-corrected chi connectivity index (χ2v) is 6.84. The molecule has 3 heterocycles. The van der Waals surface area contributed by atoms with Gasteiger partial charge >= 0.3 is 5.97 Å². The van der Waals surface area contributed by atoms with Crippen molar-refractivity contribution in [1.82, 2.24) is 15.1 Å². The van der Waals surface area contributed by atoms with Gasteiger partial charge in [0.15, 0.2) is 5.82 Å². The summed E-state index contributed by atoms with van der Waals surface area (Å²) in [4.78, 5) is 23.1. The summed E-state index contributed by atoms with van der Waals surface area (Å²) in [6.45, 7) is 2.61. The van der Waals surface area contributed by atoms with Crippen molar-refractivity contribution in [2.75, 3.05) is 18.1 Å². The molecule has 0 amide bonds. The lowest BCUT2D eigenvalue weighted by Gasteiger charge is -2.19. The highest BCUT2D eigenvalue weighted by Crippen LogP contribution is 2.40. The van der Waals surface area contributed by atoms with Gasteiger partial charge in [-0.3, -0.25) is 0 Å². The highest BCUT2D eigenvalue weighted by atomic mass is 19.1. The first-order valence-corrected chi connectivity index (χ1v) is 9.61. The third-order valence-electron chi connectivity index (χ3n) is 5.04. The number of anilines is 2. The fraction of sp³-hybridized carbons (Fsp3) is 0.182. The van der Waals surface area contributed by atoms with E-state index in [0.29, 0.717) is 29.0 Å². The van der Waals surface area contributed by atoms with Gasteiger partial charge in [0.2, 0.25) is 5.82 Å². The van der Waals surface area contributed by atoms with Crippen LogP contribution >= 0.6 is 0 Å². The Morgan fingerprint density at radius 2 is 1.97 bits per heavy atom. The molecular formula is C22H17FN4O3. The van der Waals surface area contributed by atoms with E-state index in [1.165, 1.54) is 17.7 Å². The molecule has 150 valence electrons. The maximum absolute atomic E-state index is 13.4. The van der Waals surface area contributed by atoms with E-state index < -0.39 is 5.97 Å². The molecule has 0 spiro atoms. The molecule has 2 aromatic heterocycles. The number of nitrogens with zero attached hydrogens (tertiary/aromatic N) is 4. The van der Waals surface area contributed by atoms with Crippen LogP contribution in [0.5, 0.6) is 0 Å². The number of benzene rings is 2. The van der Waals surface area contributed by atoms with Crippen LogP contribution in [0.25, 0.3) is 22.4 Å². The summed E-state index contributed by atoms with van der Waals surface area (Å²) >= 11 is 0. The molecule has 0 saturated heterocycles. The van der Waals surface area contributed by atoms with E-state index in [9.17, 15) is 9.18 Å². The Kier molecular flexibility index (Phi) is 4.39. The Balaban J connectivity index is 1.74. The van der Waals surface area contributed by atoms with E-state index in [4.69, 9.17) is 9.26 Å². The van der Waals surface area contributed by atoms with Gasteiger partial charge in [0.05, 0.1) is 6.61 Å². The molecule has 5 rings (SSSR count). The maximum atomic E-state index is 13.4. The smallest absolute Gasteiger partial charge is 0.376 e. The van der Waals surface area contributed by atoms with E-state index in [2.05, 4.69) is 21.2 Å². The number of hydrogen-bond acceptors (Lipinski definition) is 7. The van der Waals surface area contributed by atoms with Crippen molar-refractivity contribution in [2.24, 2.45) is 0 Å². The van der Waals surface area contributed by atoms with Gasteiger partial charge in [-0.2, -0.15) is 4.98 Å². The summed E-state index contributed by atoms with van der Waals surface area (Å²) < 4.78 is 24.0. The quantitative estimate of drug-likeness (QED) is 0.469. The van der Waals surface area contributed by atoms with E-state index in [0.717, 1.165) is 12.1 Å². The number of aromatic nitrogens is 3. The fourth-order valence-corrected chi connectivity index (χ4v) is 3.68. The van der Waals surface area contributed by atoms with Crippen molar-refractivity contribution in [3.05, 3.63) is 65.7 Å². The molecule has 0 saturated carbocycles.